The number of aromatic nitrogens is 2. The minimum atomic E-state index is -4.61. The summed E-state index contributed by atoms with van der Waals surface area (Å²) in [5.41, 5.74) is 10.6. The second kappa shape index (κ2) is 24.7. The van der Waals surface area contributed by atoms with E-state index in [-0.39, 0.29) is 22.9 Å². The van der Waals surface area contributed by atoms with E-state index in [0.29, 0.717) is 5.56 Å². The van der Waals surface area contributed by atoms with E-state index >= 15 is 0 Å². The fourth-order valence-corrected chi connectivity index (χ4v) is 11.2. The molecular formula is C58H63ClF3N7O3S2. The molecule has 6 aromatic carbocycles. The van der Waals surface area contributed by atoms with Crippen molar-refractivity contribution in [1.29, 1.82) is 0 Å². The molecule has 0 atom stereocenters. The number of hydrogen-bond acceptors (Lipinski definition) is 9. The second-order valence-electron chi connectivity index (χ2n) is 18.8. The van der Waals surface area contributed by atoms with Gasteiger partial charge >= 0.3 is 6.18 Å². The highest BCUT2D eigenvalue weighted by Gasteiger charge is 2.35. The molecule has 0 amide bonds. The van der Waals surface area contributed by atoms with Gasteiger partial charge in [0.2, 0.25) is 10.0 Å². The number of rotatable bonds is 12. The maximum atomic E-state index is 13.1. The van der Waals surface area contributed by atoms with Gasteiger partial charge in [-0.05, 0) is 148 Å². The number of nitrogens with two attached hydrogens (primary N) is 1. The van der Waals surface area contributed by atoms with Crippen molar-refractivity contribution in [3.8, 4) is 16.9 Å². The number of nitrogens with zero attached hydrogens (tertiary/aromatic N) is 6. The third-order valence-corrected chi connectivity index (χ3v) is 15.6. The number of piperazine rings is 1. The van der Waals surface area contributed by atoms with E-state index in [9.17, 15) is 21.6 Å². The average molecular weight is 1060 g/mol. The zero-order valence-corrected chi connectivity index (χ0v) is 44.4. The van der Waals surface area contributed by atoms with Crippen molar-refractivity contribution < 1.29 is 26.7 Å². The van der Waals surface area contributed by atoms with E-state index in [1.807, 2.05) is 24.8 Å². The first-order chi connectivity index (χ1) is 35.5. The Bertz CT molecular complexity index is 3090. The molecule has 1 saturated heterocycles. The number of aryl methyl sites for hydroxylation is 3. The summed E-state index contributed by atoms with van der Waals surface area (Å²) >= 11 is 8.12. The monoisotopic (exact) mass is 1060 g/mol. The molecule has 74 heavy (non-hydrogen) atoms. The van der Waals surface area contributed by atoms with Crippen LogP contribution in [0.4, 0.5) is 24.5 Å². The van der Waals surface area contributed by atoms with Crippen molar-refractivity contribution in [1.82, 2.24) is 24.5 Å². The topological polar surface area (TPSA) is 111 Å². The fraction of sp³-hybridized carbons (Fsp3) is 0.293. The Morgan fingerprint density at radius 1 is 0.743 bits per heavy atom. The van der Waals surface area contributed by atoms with Crippen LogP contribution in [0, 0.1) is 6.92 Å². The van der Waals surface area contributed by atoms with Gasteiger partial charge in [-0.2, -0.15) is 18.3 Å². The Hall–Kier alpha value is -5.75. The van der Waals surface area contributed by atoms with Crippen LogP contribution >= 0.6 is 23.4 Å². The summed E-state index contributed by atoms with van der Waals surface area (Å²) in [7, 11) is 0.390. The molecule has 7 aromatic rings. The molecule has 0 bridgehead atoms. The van der Waals surface area contributed by atoms with Crippen LogP contribution in [0.3, 0.4) is 0 Å². The van der Waals surface area contributed by atoms with Gasteiger partial charge in [-0.25, -0.2) is 18.2 Å². The third kappa shape index (κ3) is 13.9. The van der Waals surface area contributed by atoms with E-state index < -0.39 is 21.9 Å². The Kier molecular flexibility index (Phi) is 18.2. The van der Waals surface area contributed by atoms with Gasteiger partial charge in [0.25, 0.3) is 0 Å². The fourth-order valence-electron chi connectivity index (χ4n) is 9.41. The molecule has 1 fully saturated rings. The number of alkyl halides is 3. The van der Waals surface area contributed by atoms with Gasteiger partial charge in [0.15, 0.2) is 5.69 Å². The third-order valence-electron chi connectivity index (χ3n) is 13.3. The molecule has 10 nitrogen and oxygen atoms in total. The predicted molar refractivity (Wildman–Crippen MR) is 294 cm³/mol. The molecule has 0 saturated carbocycles. The zero-order chi connectivity index (χ0) is 52.4. The average Bonchev–Trinajstić information content (AvgIpc) is 3.79. The van der Waals surface area contributed by atoms with E-state index in [2.05, 4.69) is 130 Å². The molecule has 4 heterocycles. The van der Waals surface area contributed by atoms with Gasteiger partial charge in [-0.1, -0.05) is 114 Å². The lowest BCUT2D eigenvalue weighted by atomic mass is 9.96. The first-order valence-corrected chi connectivity index (χ1v) is 27.6. The second-order valence-corrected chi connectivity index (χ2v) is 21.9. The van der Waals surface area contributed by atoms with E-state index in [0.717, 1.165) is 93.0 Å². The minimum Gasteiger partial charge on any atom is -0.395 e. The standard InChI is InChI=1S/C22H25ClN2OS.C19H24N2.C17H14F3N3O2S/c23-17-7-8-22-20(16-17)18(19-4-1-2-6-21(19)27-22)5-3-9-24-10-12-25(13-11-24)14-15-26;1-20(2)14-7-15-21-18-10-5-3-8-16(18)12-13-17-9-4-6-11-19(17)21;1-11-2-4-12(5-3-11)15-10-16(17(18,19)20)22-23(15)13-6-8-14(9-7-13)26(21,24)25/h1-2,4-8,16,26H,3,9-15H2;3-6,8-11H,7,12-15H2,1-2H3;2-10H,1H3,(H2,21,24,25)/b18-5-;;. The molecule has 0 spiro atoms. The quantitative estimate of drug-likeness (QED) is 0.124. The summed E-state index contributed by atoms with van der Waals surface area (Å²) in [6.45, 7) is 10.5. The molecule has 0 radical (unpaired) electrons. The molecule has 0 unspecified atom stereocenters. The van der Waals surface area contributed by atoms with Crippen LogP contribution in [-0.2, 0) is 29.0 Å². The number of β-amino-alcohol motifs (C(OH)–C–C–N with tert-alkyl or cyclic N) is 1. The number of para-hydroxylation sites is 2. The van der Waals surface area contributed by atoms with E-state index in [1.165, 1.54) is 79.7 Å². The normalized spacial score (nSPS) is 15.2. The van der Waals surface area contributed by atoms with E-state index in [4.69, 9.17) is 21.8 Å². The molecule has 3 N–H and O–H groups in total. The van der Waals surface area contributed by atoms with Crippen molar-refractivity contribution in [3.05, 3.63) is 190 Å². The number of aliphatic hydroxyl groups excluding tert-OH is 1. The lowest BCUT2D eigenvalue weighted by molar-refractivity contribution is -0.141. The Balaban J connectivity index is 0.000000149. The lowest BCUT2D eigenvalue weighted by Crippen LogP contribution is -2.47. The predicted octanol–water partition coefficient (Wildman–Crippen LogP) is 11.6. The molecule has 3 aliphatic heterocycles. The number of hydrogen-bond donors (Lipinski definition) is 2. The van der Waals surface area contributed by atoms with Crippen molar-refractivity contribution >= 4 is 50.3 Å². The molecule has 16 heteroatoms. The van der Waals surface area contributed by atoms with Crippen LogP contribution in [-0.4, -0.2) is 111 Å². The highest BCUT2D eigenvalue weighted by atomic mass is 35.5. The summed E-state index contributed by atoms with van der Waals surface area (Å²) in [5.74, 6) is 0. The molecule has 388 valence electrons. The van der Waals surface area contributed by atoms with Gasteiger partial charge < -0.3 is 19.8 Å². The Labute approximate surface area is 442 Å². The molecule has 1 aromatic heterocycles. The summed E-state index contributed by atoms with van der Waals surface area (Å²) in [5, 5.41) is 18.6. The maximum Gasteiger partial charge on any atom is 0.435 e. The number of benzene rings is 6. The summed E-state index contributed by atoms with van der Waals surface area (Å²) in [6.07, 6.45) is 2.25. The van der Waals surface area contributed by atoms with Crippen LogP contribution in [0.1, 0.15) is 46.4 Å². The zero-order valence-electron chi connectivity index (χ0n) is 42.0. The number of aliphatic hydroxyl groups is 1. The summed E-state index contributed by atoms with van der Waals surface area (Å²) < 4.78 is 63.2. The molecule has 3 aliphatic rings. The number of fused-ring (bicyclic) bond motifs is 4. The van der Waals surface area contributed by atoms with Crippen LogP contribution in [0.5, 0.6) is 0 Å². The Morgan fingerprint density at radius 2 is 1.34 bits per heavy atom. The minimum absolute atomic E-state index is 0.138. The maximum absolute atomic E-state index is 13.1. The summed E-state index contributed by atoms with van der Waals surface area (Å²) in [4.78, 5) is 12.1. The molecule has 10 rings (SSSR count). The SMILES string of the molecule is CN(C)CCCN1c2ccccc2CCc2ccccc21.Cc1ccc(-c2cc(C(F)(F)F)nn2-c2ccc(S(N)(=O)=O)cc2)cc1.OCCN1CCN(CC/C=C2/c3ccccc3Sc3ccc(Cl)cc32)CC1. The van der Waals surface area contributed by atoms with Gasteiger partial charge in [0, 0.05) is 77.6 Å². The van der Waals surface area contributed by atoms with Gasteiger partial charge in [0.05, 0.1) is 22.9 Å². The van der Waals surface area contributed by atoms with Crippen molar-refractivity contribution in [2.24, 2.45) is 5.14 Å². The van der Waals surface area contributed by atoms with Crippen molar-refractivity contribution in [3.63, 3.8) is 0 Å². The van der Waals surface area contributed by atoms with Gasteiger partial charge in [0.1, 0.15) is 0 Å². The highest BCUT2D eigenvalue weighted by Crippen LogP contribution is 2.46. The number of primary sulfonamides is 1. The van der Waals surface area contributed by atoms with Crippen molar-refractivity contribution in [2.75, 3.05) is 78.0 Å². The highest BCUT2D eigenvalue weighted by molar-refractivity contribution is 7.99. The first-order valence-electron chi connectivity index (χ1n) is 24.8. The number of halogens is 4. The van der Waals surface area contributed by atoms with Crippen LogP contribution in [0.15, 0.2) is 166 Å². The first kappa shape index (κ1) is 54.5. The van der Waals surface area contributed by atoms with Gasteiger partial charge in [-0.3, -0.25) is 4.90 Å². The molecular weight excluding hydrogens is 999 g/mol. The number of sulfonamides is 1. The van der Waals surface area contributed by atoms with E-state index in [1.54, 1.807) is 24.3 Å². The van der Waals surface area contributed by atoms with Crippen LogP contribution in [0.25, 0.3) is 22.5 Å². The molecule has 0 aliphatic carbocycles. The Morgan fingerprint density at radius 3 is 1.95 bits per heavy atom. The lowest BCUT2D eigenvalue weighted by Gasteiger charge is -2.34. The van der Waals surface area contributed by atoms with Crippen LogP contribution < -0.4 is 10.0 Å². The van der Waals surface area contributed by atoms with Crippen molar-refractivity contribution in [2.45, 2.75) is 53.5 Å². The smallest absolute Gasteiger partial charge is 0.395 e. The number of anilines is 2. The van der Waals surface area contributed by atoms with Gasteiger partial charge in [-0.15, -0.1) is 0 Å². The summed E-state index contributed by atoms with van der Waals surface area (Å²) in [6, 6.07) is 45.6. The van der Waals surface area contributed by atoms with Crippen LogP contribution in [0.2, 0.25) is 5.02 Å². The largest absolute Gasteiger partial charge is 0.435 e.